The summed E-state index contributed by atoms with van der Waals surface area (Å²) in [5, 5.41) is 4.70. The van der Waals surface area contributed by atoms with Gasteiger partial charge in [0, 0.05) is 18.8 Å². The van der Waals surface area contributed by atoms with Crippen molar-refractivity contribution in [3.05, 3.63) is 48.0 Å². The molecule has 23 heavy (non-hydrogen) atoms. The largest absolute Gasteiger partial charge is 0.459 e. The maximum atomic E-state index is 12.4. The summed E-state index contributed by atoms with van der Waals surface area (Å²) >= 11 is 0. The molecule has 1 saturated heterocycles. The maximum absolute atomic E-state index is 12.4. The van der Waals surface area contributed by atoms with E-state index in [1.165, 1.54) is 10.8 Å². The average molecular weight is 312 g/mol. The van der Waals surface area contributed by atoms with E-state index in [1.807, 2.05) is 18.2 Å². The molecule has 1 heterocycles. The lowest BCUT2D eigenvalue weighted by molar-refractivity contribution is -0.665. The normalized spacial score (nSPS) is 16.4. The maximum Gasteiger partial charge on any atom is 0.310 e. The molecule has 2 aromatic rings. The quantitative estimate of drug-likeness (QED) is 0.882. The molecule has 0 saturated carbocycles. The highest BCUT2D eigenvalue weighted by atomic mass is 16.6. The van der Waals surface area contributed by atoms with E-state index in [2.05, 4.69) is 43.4 Å². The summed E-state index contributed by atoms with van der Waals surface area (Å²) in [6.45, 7) is 6.38. The lowest BCUT2D eigenvalue weighted by Crippen LogP contribution is -2.86. The minimum absolute atomic E-state index is 0.125. The van der Waals surface area contributed by atoms with Gasteiger partial charge in [0.05, 0.1) is 19.5 Å². The second-order valence-electron chi connectivity index (χ2n) is 7.08. The first-order chi connectivity index (χ1) is 11.0. The molecule has 0 aromatic heterocycles. The molecular weight excluding hydrogens is 286 g/mol. The third kappa shape index (κ3) is 3.91. The summed E-state index contributed by atoms with van der Waals surface area (Å²) in [7, 11) is 0. The van der Waals surface area contributed by atoms with Crippen LogP contribution in [0.25, 0.3) is 10.8 Å². The van der Waals surface area contributed by atoms with Gasteiger partial charge in [0.15, 0.2) is 0 Å². The molecule has 0 aliphatic carbocycles. The molecule has 2 N–H and O–H groups in total. The van der Waals surface area contributed by atoms with Crippen LogP contribution in [0.4, 0.5) is 0 Å². The van der Waals surface area contributed by atoms with E-state index in [0.29, 0.717) is 12.3 Å². The Morgan fingerprint density at radius 1 is 1.13 bits per heavy atom. The molecule has 3 rings (SSSR count). The number of carbonyl (C=O) groups is 1. The zero-order valence-corrected chi connectivity index (χ0v) is 14.0. The third-order valence-electron chi connectivity index (χ3n) is 4.96. The van der Waals surface area contributed by atoms with Gasteiger partial charge in [0.1, 0.15) is 5.60 Å². The van der Waals surface area contributed by atoms with E-state index in [1.54, 1.807) is 0 Å². The molecule has 1 fully saturated rings. The third-order valence-corrected chi connectivity index (χ3v) is 4.96. The molecule has 122 valence electrons. The van der Waals surface area contributed by atoms with Crippen molar-refractivity contribution < 1.29 is 14.8 Å². The number of hydrogen-bond donors (Lipinski definition) is 1. The Bertz CT molecular complexity index is 687. The fourth-order valence-electron chi connectivity index (χ4n) is 3.55. The predicted octanol–water partition coefficient (Wildman–Crippen LogP) is 2.68. The summed E-state index contributed by atoms with van der Waals surface area (Å²) in [6.07, 6.45) is 2.58. The van der Waals surface area contributed by atoms with Gasteiger partial charge in [-0.05, 0) is 30.2 Å². The molecule has 3 nitrogen and oxygen atoms in total. The van der Waals surface area contributed by atoms with Gasteiger partial charge in [-0.3, -0.25) is 4.79 Å². The summed E-state index contributed by atoms with van der Waals surface area (Å²) in [6, 6.07) is 14.4. The topological polar surface area (TPSA) is 42.9 Å². The number of piperidine rings is 1. The van der Waals surface area contributed by atoms with Crippen molar-refractivity contribution in [3.63, 3.8) is 0 Å². The van der Waals surface area contributed by atoms with Gasteiger partial charge in [0.2, 0.25) is 0 Å². The number of ether oxygens (including phenoxy) is 1. The van der Waals surface area contributed by atoms with Crippen LogP contribution in [0.2, 0.25) is 0 Å². The molecule has 0 radical (unpaired) electrons. The van der Waals surface area contributed by atoms with Crippen molar-refractivity contribution in [3.8, 4) is 0 Å². The molecule has 1 aliphatic rings. The van der Waals surface area contributed by atoms with Crippen LogP contribution in [-0.2, 0) is 16.0 Å². The SMILES string of the molecule is CC(C)(OC(=O)Cc1ccc2ccccc2c1)C1CC[NH2+]CC1. The van der Waals surface area contributed by atoms with E-state index in [0.717, 1.165) is 31.5 Å². The van der Waals surface area contributed by atoms with Crippen LogP contribution >= 0.6 is 0 Å². The van der Waals surface area contributed by atoms with Gasteiger partial charge in [-0.1, -0.05) is 42.5 Å². The zero-order valence-electron chi connectivity index (χ0n) is 14.0. The first kappa shape index (κ1) is 16.0. The lowest BCUT2D eigenvalue weighted by Gasteiger charge is -2.35. The number of rotatable bonds is 4. The second-order valence-corrected chi connectivity index (χ2v) is 7.08. The van der Waals surface area contributed by atoms with Crippen molar-refractivity contribution in [1.82, 2.24) is 0 Å². The van der Waals surface area contributed by atoms with E-state index >= 15 is 0 Å². The number of quaternary nitrogens is 1. The monoisotopic (exact) mass is 312 g/mol. The van der Waals surface area contributed by atoms with Crippen LogP contribution in [0.15, 0.2) is 42.5 Å². The number of fused-ring (bicyclic) bond motifs is 1. The van der Waals surface area contributed by atoms with E-state index in [-0.39, 0.29) is 11.6 Å². The standard InChI is InChI=1S/C20H25NO2/c1-20(2,18-9-11-21-12-10-18)23-19(22)14-15-7-8-16-5-3-4-6-17(16)13-15/h3-8,13,18,21H,9-12,14H2,1-2H3/p+1. The highest BCUT2D eigenvalue weighted by Crippen LogP contribution is 2.28. The second kappa shape index (κ2) is 6.71. The Hall–Kier alpha value is -1.87. The van der Waals surface area contributed by atoms with E-state index in [9.17, 15) is 4.79 Å². The molecule has 2 aromatic carbocycles. The summed E-state index contributed by atoms with van der Waals surface area (Å²) in [4.78, 5) is 12.4. The summed E-state index contributed by atoms with van der Waals surface area (Å²) in [5.41, 5.74) is 0.642. The zero-order chi connectivity index (χ0) is 16.3. The van der Waals surface area contributed by atoms with Crippen molar-refractivity contribution in [2.75, 3.05) is 13.1 Å². The Balaban J connectivity index is 1.65. The van der Waals surface area contributed by atoms with Gasteiger partial charge in [-0.2, -0.15) is 0 Å². The first-order valence-electron chi connectivity index (χ1n) is 8.56. The van der Waals surface area contributed by atoms with Crippen molar-refractivity contribution in [2.24, 2.45) is 5.92 Å². The number of nitrogens with two attached hydrogens (primary N) is 1. The molecule has 1 aliphatic heterocycles. The molecular formula is C20H26NO2+. The Kier molecular flexibility index (Phi) is 4.67. The first-order valence-corrected chi connectivity index (χ1v) is 8.56. The number of benzene rings is 2. The van der Waals surface area contributed by atoms with E-state index in [4.69, 9.17) is 4.74 Å². The van der Waals surface area contributed by atoms with Crippen LogP contribution in [0.5, 0.6) is 0 Å². The Labute approximate surface area is 138 Å². The van der Waals surface area contributed by atoms with Crippen LogP contribution in [0.3, 0.4) is 0 Å². The van der Waals surface area contributed by atoms with Crippen molar-refractivity contribution >= 4 is 16.7 Å². The van der Waals surface area contributed by atoms with Crippen LogP contribution in [0.1, 0.15) is 32.3 Å². The lowest BCUT2D eigenvalue weighted by atomic mass is 9.83. The molecule has 3 heteroatoms. The van der Waals surface area contributed by atoms with Gasteiger partial charge in [0.25, 0.3) is 0 Å². The Morgan fingerprint density at radius 2 is 1.83 bits per heavy atom. The predicted molar refractivity (Wildman–Crippen MR) is 92.2 cm³/mol. The molecule has 0 unspecified atom stereocenters. The Morgan fingerprint density at radius 3 is 2.57 bits per heavy atom. The highest BCUT2D eigenvalue weighted by molar-refractivity contribution is 5.84. The highest BCUT2D eigenvalue weighted by Gasteiger charge is 2.35. The van der Waals surface area contributed by atoms with Gasteiger partial charge in [-0.15, -0.1) is 0 Å². The molecule has 0 spiro atoms. The smallest absolute Gasteiger partial charge is 0.310 e. The van der Waals surface area contributed by atoms with Gasteiger partial charge < -0.3 is 10.1 Å². The van der Waals surface area contributed by atoms with Crippen LogP contribution < -0.4 is 5.32 Å². The van der Waals surface area contributed by atoms with E-state index < -0.39 is 0 Å². The van der Waals surface area contributed by atoms with Crippen molar-refractivity contribution in [1.29, 1.82) is 0 Å². The number of carbonyl (C=O) groups excluding carboxylic acids is 1. The average Bonchev–Trinajstić information content (AvgIpc) is 2.55. The molecule has 0 bridgehead atoms. The molecule has 0 atom stereocenters. The summed E-state index contributed by atoms with van der Waals surface area (Å²) in [5.74, 6) is 0.341. The fraction of sp³-hybridized carbons (Fsp3) is 0.450. The van der Waals surface area contributed by atoms with Gasteiger partial charge in [-0.25, -0.2) is 0 Å². The number of esters is 1. The number of hydrogen-bond acceptors (Lipinski definition) is 2. The minimum Gasteiger partial charge on any atom is -0.459 e. The van der Waals surface area contributed by atoms with Crippen LogP contribution in [-0.4, -0.2) is 24.7 Å². The summed E-state index contributed by atoms with van der Waals surface area (Å²) < 4.78 is 5.84. The minimum atomic E-state index is -0.373. The molecule has 0 amide bonds. The van der Waals surface area contributed by atoms with Gasteiger partial charge >= 0.3 is 5.97 Å². The van der Waals surface area contributed by atoms with Crippen LogP contribution in [0, 0.1) is 5.92 Å². The van der Waals surface area contributed by atoms with Crippen molar-refractivity contribution in [2.45, 2.75) is 38.7 Å². The fourth-order valence-corrected chi connectivity index (χ4v) is 3.55.